The fourth-order valence-electron chi connectivity index (χ4n) is 1.79. The quantitative estimate of drug-likeness (QED) is 0.850. The highest BCUT2D eigenvalue weighted by Crippen LogP contribution is 2.19. The minimum absolute atomic E-state index is 0.0272. The van der Waals surface area contributed by atoms with Gasteiger partial charge in [0.05, 0.1) is 5.02 Å². The lowest BCUT2D eigenvalue weighted by Gasteiger charge is -2.08. The summed E-state index contributed by atoms with van der Waals surface area (Å²) in [5.74, 6) is -0.854. The molecule has 21 heavy (non-hydrogen) atoms. The van der Waals surface area contributed by atoms with Gasteiger partial charge in [-0.1, -0.05) is 18.5 Å². The molecular formula is C16H16ClFN2O. The zero-order chi connectivity index (χ0) is 15.2. The second kappa shape index (κ2) is 7.09. The van der Waals surface area contributed by atoms with Gasteiger partial charge in [-0.2, -0.15) is 0 Å². The van der Waals surface area contributed by atoms with Crippen LogP contribution in [0.25, 0.3) is 0 Å². The van der Waals surface area contributed by atoms with Crippen molar-refractivity contribution in [1.82, 2.24) is 0 Å². The maximum Gasteiger partial charge on any atom is 0.255 e. The lowest BCUT2D eigenvalue weighted by molar-refractivity contribution is 0.102. The van der Waals surface area contributed by atoms with Gasteiger partial charge in [-0.15, -0.1) is 0 Å². The standard InChI is InChI=1S/C16H16ClFN2O/c1-2-9-19-12-5-3-11(4-6-12)16(21)20-13-7-8-14(17)15(18)10-13/h3-8,10,19H,2,9H2,1H3,(H,20,21). The molecule has 5 heteroatoms. The van der Waals surface area contributed by atoms with Crippen LogP contribution in [-0.2, 0) is 0 Å². The van der Waals surface area contributed by atoms with Crippen LogP contribution in [0.1, 0.15) is 23.7 Å². The van der Waals surface area contributed by atoms with Crippen LogP contribution in [0.2, 0.25) is 5.02 Å². The van der Waals surface area contributed by atoms with E-state index in [4.69, 9.17) is 11.6 Å². The van der Waals surface area contributed by atoms with Crippen molar-refractivity contribution in [2.45, 2.75) is 13.3 Å². The van der Waals surface area contributed by atoms with Gasteiger partial charge in [0.25, 0.3) is 5.91 Å². The van der Waals surface area contributed by atoms with Crippen LogP contribution in [0.5, 0.6) is 0 Å². The second-order valence-electron chi connectivity index (χ2n) is 4.59. The Hall–Kier alpha value is -2.07. The Morgan fingerprint density at radius 1 is 1.14 bits per heavy atom. The van der Waals surface area contributed by atoms with Gasteiger partial charge in [0.15, 0.2) is 0 Å². The number of amides is 1. The van der Waals surface area contributed by atoms with Crippen molar-refractivity contribution in [1.29, 1.82) is 0 Å². The summed E-state index contributed by atoms with van der Waals surface area (Å²) in [6, 6.07) is 11.3. The molecule has 2 aromatic carbocycles. The van der Waals surface area contributed by atoms with E-state index < -0.39 is 5.82 Å². The van der Waals surface area contributed by atoms with Gasteiger partial charge in [-0.25, -0.2) is 4.39 Å². The topological polar surface area (TPSA) is 41.1 Å². The zero-order valence-corrected chi connectivity index (χ0v) is 12.4. The van der Waals surface area contributed by atoms with Crippen molar-refractivity contribution in [2.24, 2.45) is 0 Å². The maximum absolute atomic E-state index is 13.3. The Morgan fingerprint density at radius 2 is 1.81 bits per heavy atom. The van der Waals surface area contributed by atoms with Crippen molar-refractivity contribution in [3.8, 4) is 0 Å². The van der Waals surface area contributed by atoms with Gasteiger partial charge in [-0.05, 0) is 48.9 Å². The molecule has 0 saturated carbocycles. The number of anilines is 2. The van der Waals surface area contributed by atoms with E-state index in [1.54, 1.807) is 18.2 Å². The Bertz CT molecular complexity index is 629. The number of carbonyl (C=O) groups is 1. The summed E-state index contributed by atoms with van der Waals surface area (Å²) >= 11 is 5.60. The summed E-state index contributed by atoms with van der Waals surface area (Å²) in [5, 5.41) is 5.89. The number of hydrogen-bond acceptors (Lipinski definition) is 2. The van der Waals surface area contributed by atoms with E-state index in [9.17, 15) is 9.18 Å². The highest BCUT2D eigenvalue weighted by atomic mass is 35.5. The number of rotatable bonds is 5. The molecule has 0 heterocycles. The highest BCUT2D eigenvalue weighted by Gasteiger charge is 2.07. The van der Waals surface area contributed by atoms with Gasteiger partial charge in [0, 0.05) is 23.5 Å². The van der Waals surface area contributed by atoms with Crippen molar-refractivity contribution in [3.05, 3.63) is 58.9 Å². The normalized spacial score (nSPS) is 10.2. The molecule has 0 aliphatic heterocycles. The summed E-state index contributed by atoms with van der Waals surface area (Å²) in [6.45, 7) is 2.97. The number of benzene rings is 2. The van der Waals surface area contributed by atoms with E-state index in [-0.39, 0.29) is 10.9 Å². The first kappa shape index (κ1) is 15.3. The monoisotopic (exact) mass is 306 g/mol. The van der Waals surface area contributed by atoms with E-state index in [0.717, 1.165) is 18.7 Å². The fraction of sp³-hybridized carbons (Fsp3) is 0.188. The van der Waals surface area contributed by atoms with Crippen LogP contribution < -0.4 is 10.6 Å². The summed E-state index contributed by atoms with van der Waals surface area (Å²) in [6.07, 6.45) is 1.03. The molecule has 3 nitrogen and oxygen atoms in total. The van der Waals surface area contributed by atoms with E-state index >= 15 is 0 Å². The van der Waals surface area contributed by atoms with E-state index in [1.807, 2.05) is 12.1 Å². The molecule has 0 unspecified atom stereocenters. The number of hydrogen-bond donors (Lipinski definition) is 2. The van der Waals surface area contributed by atoms with Crippen LogP contribution in [0.15, 0.2) is 42.5 Å². The molecule has 1 amide bonds. The van der Waals surface area contributed by atoms with Crippen LogP contribution in [0.4, 0.5) is 15.8 Å². The lowest BCUT2D eigenvalue weighted by Crippen LogP contribution is -2.12. The van der Waals surface area contributed by atoms with Crippen molar-refractivity contribution in [2.75, 3.05) is 17.2 Å². The lowest BCUT2D eigenvalue weighted by atomic mass is 10.2. The van der Waals surface area contributed by atoms with Gasteiger partial charge in [-0.3, -0.25) is 4.79 Å². The summed E-state index contributed by atoms with van der Waals surface area (Å²) in [7, 11) is 0. The van der Waals surface area contributed by atoms with E-state index in [2.05, 4.69) is 17.6 Å². The molecule has 2 aromatic rings. The van der Waals surface area contributed by atoms with Gasteiger partial charge in [0.2, 0.25) is 0 Å². The van der Waals surface area contributed by atoms with Gasteiger partial charge in [0.1, 0.15) is 5.82 Å². The third-order valence-electron chi connectivity index (χ3n) is 2.90. The molecule has 2 rings (SSSR count). The summed E-state index contributed by atoms with van der Waals surface area (Å²) < 4.78 is 13.3. The van der Waals surface area contributed by atoms with Crippen molar-refractivity contribution in [3.63, 3.8) is 0 Å². The third kappa shape index (κ3) is 4.20. The minimum atomic E-state index is -0.561. The number of carbonyl (C=O) groups excluding carboxylic acids is 1. The molecule has 0 saturated heterocycles. The first-order valence-electron chi connectivity index (χ1n) is 6.70. The van der Waals surface area contributed by atoms with E-state index in [1.165, 1.54) is 12.1 Å². The Balaban J connectivity index is 2.04. The molecule has 0 radical (unpaired) electrons. The molecule has 110 valence electrons. The van der Waals surface area contributed by atoms with E-state index in [0.29, 0.717) is 11.3 Å². The smallest absolute Gasteiger partial charge is 0.255 e. The molecule has 0 aromatic heterocycles. The van der Waals surface area contributed by atoms with Crippen molar-refractivity contribution < 1.29 is 9.18 Å². The predicted octanol–water partition coefficient (Wildman–Crippen LogP) is 4.55. The zero-order valence-electron chi connectivity index (χ0n) is 11.6. The first-order chi connectivity index (χ1) is 10.1. The second-order valence-corrected chi connectivity index (χ2v) is 4.99. The molecule has 2 N–H and O–H groups in total. The molecule has 0 spiro atoms. The molecule has 0 aliphatic carbocycles. The number of nitrogens with one attached hydrogen (secondary N) is 2. The maximum atomic E-state index is 13.3. The molecular weight excluding hydrogens is 291 g/mol. The number of halogens is 2. The average molecular weight is 307 g/mol. The Kier molecular flexibility index (Phi) is 5.17. The summed E-state index contributed by atoms with van der Waals surface area (Å²) in [5.41, 5.74) is 1.84. The Morgan fingerprint density at radius 3 is 2.43 bits per heavy atom. The van der Waals surface area contributed by atoms with Crippen LogP contribution in [0, 0.1) is 5.82 Å². The molecule has 0 fully saturated rings. The fourth-order valence-corrected chi connectivity index (χ4v) is 1.90. The predicted molar refractivity (Wildman–Crippen MR) is 84.6 cm³/mol. The van der Waals surface area contributed by atoms with Crippen LogP contribution in [0.3, 0.4) is 0 Å². The Labute approximate surface area is 128 Å². The SMILES string of the molecule is CCCNc1ccc(C(=O)Nc2ccc(Cl)c(F)c2)cc1. The molecule has 0 aliphatic rings. The van der Waals surface area contributed by atoms with Crippen LogP contribution in [-0.4, -0.2) is 12.5 Å². The van der Waals surface area contributed by atoms with Gasteiger partial charge >= 0.3 is 0 Å². The first-order valence-corrected chi connectivity index (χ1v) is 7.08. The van der Waals surface area contributed by atoms with Crippen LogP contribution >= 0.6 is 11.6 Å². The van der Waals surface area contributed by atoms with Crippen molar-refractivity contribution >= 4 is 28.9 Å². The molecule has 0 bridgehead atoms. The summed E-state index contributed by atoms with van der Waals surface area (Å²) in [4.78, 5) is 12.0. The third-order valence-corrected chi connectivity index (χ3v) is 3.21. The van der Waals surface area contributed by atoms with Gasteiger partial charge < -0.3 is 10.6 Å². The minimum Gasteiger partial charge on any atom is -0.385 e. The largest absolute Gasteiger partial charge is 0.385 e. The molecule has 0 atom stereocenters. The highest BCUT2D eigenvalue weighted by molar-refractivity contribution is 6.30. The average Bonchev–Trinajstić information content (AvgIpc) is 2.49.